The second-order valence-corrected chi connectivity index (χ2v) is 4.56. The number of hydrogen-bond acceptors (Lipinski definition) is 3. The zero-order chi connectivity index (χ0) is 11.4. The zero-order valence-electron chi connectivity index (χ0n) is 9.73. The summed E-state index contributed by atoms with van der Waals surface area (Å²) in [4.78, 5) is 0. The predicted octanol–water partition coefficient (Wildman–Crippen LogP) is 2.24. The third-order valence-corrected chi connectivity index (χ3v) is 2.62. The van der Waals surface area contributed by atoms with E-state index in [0.29, 0.717) is 12.5 Å². The summed E-state index contributed by atoms with van der Waals surface area (Å²) in [6.07, 6.45) is 2.04. The molecule has 0 amide bonds. The maximum Gasteiger partial charge on any atom is 0.101 e. The Labute approximate surface area is 91.3 Å². The van der Waals surface area contributed by atoms with Gasteiger partial charge in [0.2, 0.25) is 0 Å². The highest BCUT2D eigenvalue weighted by Crippen LogP contribution is 2.27. The van der Waals surface area contributed by atoms with Gasteiger partial charge < -0.3 is 15.3 Å². The zero-order valence-corrected chi connectivity index (χ0v) is 9.73. The maximum absolute atomic E-state index is 10.1. The van der Waals surface area contributed by atoms with Gasteiger partial charge in [-0.25, -0.2) is 0 Å². The molecule has 0 fully saturated rings. The Morgan fingerprint density at radius 2 is 2.13 bits per heavy atom. The lowest BCUT2D eigenvalue weighted by atomic mass is 9.89. The molecule has 3 N–H and O–H groups in total. The highest BCUT2D eigenvalue weighted by atomic mass is 16.3. The lowest BCUT2D eigenvalue weighted by Gasteiger charge is -2.22. The molecule has 86 valence electrons. The molecule has 3 nitrogen and oxygen atoms in total. The Morgan fingerprint density at radius 3 is 2.53 bits per heavy atom. The van der Waals surface area contributed by atoms with Crippen LogP contribution in [0.2, 0.25) is 0 Å². The van der Waals surface area contributed by atoms with E-state index in [4.69, 9.17) is 10.2 Å². The van der Waals surface area contributed by atoms with Crippen molar-refractivity contribution in [3.8, 4) is 0 Å². The number of furan rings is 1. The molecule has 0 bridgehead atoms. The van der Waals surface area contributed by atoms with E-state index in [2.05, 4.69) is 13.8 Å². The molecule has 2 unspecified atom stereocenters. The van der Waals surface area contributed by atoms with Crippen molar-refractivity contribution in [1.82, 2.24) is 0 Å². The van der Waals surface area contributed by atoms with Crippen molar-refractivity contribution in [1.29, 1.82) is 0 Å². The summed E-state index contributed by atoms with van der Waals surface area (Å²) < 4.78 is 5.18. The summed E-state index contributed by atoms with van der Waals surface area (Å²) >= 11 is 0. The minimum atomic E-state index is -0.505. The molecular formula is C12H21NO2. The summed E-state index contributed by atoms with van der Waals surface area (Å²) in [7, 11) is 0. The van der Waals surface area contributed by atoms with Crippen LogP contribution in [0, 0.1) is 18.8 Å². The van der Waals surface area contributed by atoms with Gasteiger partial charge in [0.05, 0.1) is 12.4 Å². The van der Waals surface area contributed by atoms with Gasteiger partial charge in [0.15, 0.2) is 0 Å². The normalized spacial score (nSPS) is 15.6. The lowest BCUT2D eigenvalue weighted by Crippen LogP contribution is -2.23. The molecule has 0 saturated heterocycles. The van der Waals surface area contributed by atoms with E-state index in [1.165, 1.54) is 0 Å². The van der Waals surface area contributed by atoms with E-state index in [1.807, 2.05) is 13.0 Å². The molecule has 2 atom stereocenters. The SMILES string of the molecule is Cc1cc(C(O)C(CN)CC(C)C)co1. The monoisotopic (exact) mass is 211 g/mol. The van der Waals surface area contributed by atoms with Gasteiger partial charge in [0.25, 0.3) is 0 Å². The average molecular weight is 211 g/mol. The lowest BCUT2D eigenvalue weighted by molar-refractivity contribution is 0.0989. The quantitative estimate of drug-likeness (QED) is 0.785. The van der Waals surface area contributed by atoms with E-state index >= 15 is 0 Å². The van der Waals surface area contributed by atoms with Crippen LogP contribution in [0.1, 0.15) is 37.7 Å². The van der Waals surface area contributed by atoms with Crippen molar-refractivity contribution >= 4 is 0 Å². The minimum absolute atomic E-state index is 0.113. The first-order valence-corrected chi connectivity index (χ1v) is 5.47. The molecule has 0 aliphatic heterocycles. The molecule has 1 aromatic rings. The standard InChI is InChI=1S/C12H21NO2/c1-8(2)4-10(6-13)12(14)11-5-9(3)15-7-11/h5,7-8,10,12,14H,4,6,13H2,1-3H3. The van der Waals surface area contributed by atoms with Crippen molar-refractivity contribution in [2.75, 3.05) is 6.54 Å². The molecule has 0 aromatic carbocycles. The minimum Gasteiger partial charge on any atom is -0.469 e. The number of rotatable bonds is 5. The molecule has 0 radical (unpaired) electrons. The van der Waals surface area contributed by atoms with Gasteiger partial charge in [-0.3, -0.25) is 0 Å². The molecule has 0 aliphatic carbocycles. The van der Waals surface area contributed by atoms with E-state index in [0.717, 1.165) is 17.7 Å². The summed E-state index contributed by atoms with van der Waals surface area (Å²) in [6.45, 7) is 6.64. The fraction of sp³-hybridized carbons (Fsp3) is 0.667. The van der Waals surface area contributed by atoms with Crippen LogP contribution in [-0.4, -0.2) is 11.7 Å². The number of hydrogen-bond donors (Lipinski definition) is 2. The summed E-state index contributed by atoms with van der Waals surface area (Å²) in [5, 5.41) is 10.1. The Bertz CT molecular complexity index is 294. The van der Waals surface area contributed by atoms with E-state index < -0.39 is 6.10 Å². The average Bonchev–Trinajstić information content (AvgIpc) is 2.60. The second-order valence-electron chi connectivity index (χ2n) is 4.56. The number of nitrogens with two attached hydrogens (primary N) is 1. The molecular weight excluding hydrogens is 190 g/mol. The van der Waals surface area contributed by atoms with Crippen LogP contribution in [0.4, 0.5) is 0 Å². The van der Waals surface area contributed by atoms with E-state index in [-0.39, 0.29) is 5.92 Å². The summed E-state index contributed by atoms with van der Waals surface area (Å²) in [6, 6.07) is 1.87. The first-order valence-electron chi connectivity index (χ1n) is 5.47. The van der Waals surface area contributed by atoms with Crippen molar-refractivity contribution in [3.05, 3.63) is 23.7 Å². The van der Waals surface area contributed by atoms with Crippen LogP contribution in [0.15, 0.2) is 16.7 Å². The first kappa shape index (κ1) is 12.3. The number of aryl methyl sites for hydroxylation is 1. The van der Waals surface area contributed by atoms with Crippen molar-refractivity contribution in [2.45, 2.75) is 33.3 Å². The van der Waals surface area contributed by atoms with Gasteiger partial charge in [-0.1, -0.05) is 13.8 Å². The predicted molar refractivity (Wildman–Crippen MR) is 60.4 cm³/mol. The molecule has 0 aliphatic rings. The highest BCUT2D eigenvalue weighted by molar-refractivity contribution is 5.15. The maximum atomic E-state index is 10.1. The number of aliphatic hydroxyl groups is 1. The smallest absolute Gasteiger partial charge is 0.101 e. The molecule has 15 heavy (non-hydrogen) atoms. The van der Waals surface area contributed by atoms with Crippen LogP contribution in [-0.2, 0) is 0 Å². The Balaban J connectivity index is 2.68. The Kier molecular flexibility index (Phi) is 4.36. The molecule has 0 saturated carbocycles. The van der Waals surface area contributed by atoms with Crippen LogP contribution in [0.5, 0.6) is 0 Å². The van der Waals surface area contributed by atoms with Gasteiger partial charge >= 0.3 is 0 Å². The van der Waals surface area contributed by atoms with E-state index in [1.54, 1.807) is 6.26 Å². The third kappa shape index (κ3) is 3.36. The van der Waals surface area contributed by atoms with E-state index in [9.17, 15) is 5.11 Å². The second kappa shape index (κ2) is 5.33. The van der Waals surface area contributed by atoms with Crippen molar-refractivity contribution in [3.63, 3.8) is 0 Å². The number of aliphatic hydroxyl groups excluding tert-OH is 1. The topological polar surface area (TPSA) is 59.4 Å². The summed E-state index contributed by atoms with van der Waals surface area (Å²) in [5.74, 6) is 1.48. The Morgan fingerprint density at radius 1 is 1.47 bits per heavy atom. The van der Waals surface area contributed by atoms with Gasteiger partial charge in [-0.05, 0) is 31.9 Å². The van der Waals surface area contributed by atoms with Gasteiger partial charge in [-0.15, -0.1) is 0 Å². The van der Waals surface area contributed by atoms with Gasteiger partial charge in [-0.2, -0.15) is 0 Å². The highest BCUT2D eigenvalue weighted by Gasteiger charge is 2.21. The van der Waals surface area contributed by atoms with Crippen molar-refractivity contribution < 1.29 is 9.52 Å². The van der Waals surface area contributed by atoms with Gasteiger partial charge in [0.1, 0.15) is 5.76 Å². The third-order valence-electron chi connectivity index (χ3n) is 2.62. The fourth-order valence-electron chi connectivity index (χ4n) is 1.85. The van der Waals surface area contributed by atoms with Gasteiger partial charge in [0, 0.05) is 11.5 Å². The van der Waals surface area contributed by atoms with Crippen molar-refractivity contribution in [2.24, 2.45) is 17.6 Å². The molecule has 0 spiro atoms. The molecule has 1 heterocycles. The summed E-state index contributed by atoms with van der Waals surface area (Å²) in [5.41, 5.74) is 6.51. The molecule has 1 aromatic heterocycles. The van der Waals surface area contributed by atoms with Crippen LogP contribution < -0.4 is 5.73 Å². The fourth-order valence-corrected chi connectivity index (χ4v) is 1.85. The first-order chi connectivity index (χ1) is 7.04. The van der Waals surface area contributed by atoms with Crippen LogP contribution >= 0.6 is 0 Å². The Hall–Kier alpha value is -0.800. The largest absolute Gasteiger partial charge is 0.469 e. The van der Waals surface area contributed by atoms with Crippen LogP contribution in [0.3, 0.4) is 0 Å². The molecule has 1 rings (SSSR count). The van der Waals surface area contributed by atoms with Crippen LogP contribution in [0.25, 0.3) is 0 Å². The molecule has 3 heteroatoms.